The Hall–Kier alpha value is -2.75. The zero-order valence-electron chi connectivity index (χ0n) is 14.9. The Morgan fingerprint density at radius 3 is 2.48 bits per heavy atom. The van der Waals surface area contributed by atoms with Gasteiger partial charge in [-0.25, -0.2) is 0 Å². The van der Waals surface area contributed by atoms with Crippen molar-refractivity contribution < 1.29 is 9.53 Å². The average molecular weight is 385 g/mol. The average Bonchev–Trinajstić information content (AvgIpc) is 2.71. The van der Waals surface area contributed by atoms with Gasteiger partial charge in [0.2, 0.25) is 0 Å². The van der Waals surface area contributed by atoms with Crippen LogP contribution < -0.4 is 19.9 Å². The maximum atomic E-state index is 12.5. The fourth-order valence-electron chi connectivity index (χ4n) is 3.41. The van der Waals surface area contributed by atoms with Gasteiger partial charge in [0.1, 0.15) is 0 Å². The number of piperazine rings is 1. The molecule has 2 aliphatic rings. The van der Waals surface area contributed by atoms with E-state index < -0.39 is 0 Å². The molecule has 1 fully saturated rings. The first-order valence-corrected chi connectivity index (χ1v) is 8.77. The van der Waals surface area contributed by atoms with Crippen LogP contribution in [0.25, 0.3) is 0 Å². The summed E-state index contributed by atoms with van der Waals surface area (Å²) in [6, 6.07) is 15.4. The van der Waals surface area contributed by atoms with Crippen molar-refractivity contribution >= 4 is 29.7 Å². The molecule has 140 valence electrons. The van der Waals surface area contributed by atoms with Crippen LogP contribution in [0.5, 0.6) is 5.75 Å². The van der Waals surface area contributed by atoms with Crippen LogP contribution in [0.4, 0.5) is 11.4 Å². The predicted octanol–water partition coefficient (Wildman–Crippen LogP) is 2.32. The summed E-state index contributed by atoms with van der Waals surface area (Å²) in [7, 11) is 0. The summed E-state index contributed by atoms with van der Waals surface area (Å²) in [6.45, 7) is 4.24. The first-order valence-electron chi connectivity index (χ1n) is 8.77. The quantitative estimate of drug-likeness (QED) is 0.879. The Bertz CT molecular complexity index is 857. The van der Waals surface area contributed by atoms with Crippen LogP contribution in [-0.4, -0.2) is 38.7 Å². The summed E-state index contributed by atoms with van der Waals surface area (Å²) >= 11 is 0. The Kier molecular flexibility index (Phi) is 5.84. The van der Waals surface area contributed by atoms with E-state index in [1.54, 1.807) is 17.0 Å². The molecule has 7 heteroatoms. The number of carbonyl (C=O) groups excluding carboxylic acids is 1. The minimum atomic E-state index is -0.0562. The molecule has 2 aliphatic heterocycles. The van der Waals surface area contributed by atoms with Gasteiger partial charge in [-0.2, -0.15) is 5.26 Å². The van der Waals surface area contributed by atoms with Gasteiger partial charge >= 0.3 is 0 Å². The third-order valence-electron chi connectivity index (χ3n) is 4.79. The number of carbonyl (C=O) groups is 1. The zero-order valence-corrected chi connectivity index (χ0v) is 15.7. The van der Waals surface area contributed by atoms with Crippen LogP contribution in [-0.2, 0) is 11.3 Å². The Labute approximate surface area is 164 Å². The molecule has 0 aromatic heterocycles. The number of para-hydroxylation sites is 1. The molecule has 0 radical (unpaired) electrons. The van der Waals surface area contributed by atoms with Gasteiger partial charge in [0.15, 0.2) is 12.4 Å². The molecule has 27 heavy (non-hydrogen) atoms. The highest BCUT2D eigenvalue weighted by atomic mass is 35.5. The van der Waals surface area contributed by atoms with E-state index in [2.05, 4.69) is 22.4 Å². The number of nitriles is 1. The second-order valence-corrected chi connectivity index (χ2v) is 6.44. The summed E-state index contributed by atoms with van der Waals surface area (Å²) in [4.78, 5) is 16.6. The molecule has 4 rings (SSSR count). The van der Waals surface area contributed by atoms with Crippen molar-refractivity contribution in [3.8, 4) is 11.8 Å². The van der Waals surface area contributed by atoms with E-state index in [9.17, 15) is 4.79 Å². The maximum absolute atomic E-state index is 12.5. The number of halogens is 1. The number of benzene rings is 2. The molecular weight excluding hydrogens is 364 g/mol. The largest absolute Gasteiger partial charge is 0.479 e. The molecule has 2 aromatic carbocycles. The van der Waals surface area contributed by atoms with Crippen molar-refractivity contribution in [3.05, 3.63) is 53.6 Å². The lowest BCUT2D eigenvalue weighted by Gasteiger charge is -2.35. The molecule has 1 saturated heterocycles. The van der Waals surface area contributed by atoms with Crippen LogP contribution in [0.1, 0.15) is 11.1 Å². The summed E-state index contributed by atoms with van der Waals surface area (Å²) in [5, 5.41) is 12.3. The van der Waals surface area contributed by atoms with Gasteiger partial charge in [-0.1, -0.05) is 18.2 Å². The summed E-state index contributed by atoms with van der Waals surface area (Å²) in [6.07, 6.45) is 0. The van der Waals surface area contributed by atoms with Gasteiger partial charge in [-0.3, -0.25) is 4.79 Å². The molecule has 0 aliphatic carbocycles. The second-order valence-electron chi connectivity index (χ2n) is 6.44. The maximum Gasteiger partial charge on any atom is 0.265 e. The van der Waals surface area contributed by atoms with Crippen molar-refractivity contribution in [1.82, 2.24) is 5.32 Å². The minimum absolute atomic E-state index is 0. The number of hydrogen-bond acceptors (Lipinski definition) is 5. The normalized spacial score (nSPS) is 16.0. The molecule has 1 amide bonds. The van der Waals surface area contributed by atoms with E-state index in [0.717, 1.165) is 48.9 Å². The SMILES string of the molecule is Cl.N#Cc1ccc(CN2C(=O)COc3c(N4CCNCC4)cccc32)cc1. The van der Waals surface area contributed by atoms with Crippen molar-refractivity contribution in [2.45, 2.75) is 6.54 Å². The second kappa shape index (κ2) is 8.30. The van der Waals surface area contributed by atoms with Gasteiger partial charge in [0.25, 0.3) is 5.91 Å². The smallest absolute Gasteiger partial charge is 0.265 e. The molecular formula is C20H21ClN4O2. The lowest BCUT2D eigenvalue weighted by atomic mass is 10.1. The molecule has 0 saturated carbocycles. The monoisotopic (exact) mass is 384 g/mol. The lowest BCUT2D eigenvalue weighted by Crippen LogP contribution is -2.44. The first-order chi connectivity index (χ1) is 12.8. The van der Waals surface area contributed by atoms with Crippen LogP contribution >= 0.6 is 12.4 Å². The molecule has 0 atom stereocenters. The van der Waals surface area contributed by atoms with Crippen LogP contribution in [0.15, 0.2) is 42.5 Å². The number of anilines is 2. The van der Waals surface area contributed by atoms with Gasteiger partial charge in [0, 0.05) is 26.2 Å². The third kappa shape index (κ3) is 3.85. The van der Waals surface area contributed by atoms with E-state index in [4.69, 9.17) is 10.00 Å². The number of nitrogens with zero attached hydrogens (tertiary/aromatic N) is 3. The van der Waals surface area contributed by atoms with E-state index in [-0.39, 0.29) is 24.9 Å². The van der Waals surface area contributed by atoms with Crippen molar-refractivity contribution in [3.63, 3.8) is 0 Å². The molecule has 0 unspecified atom stereocenters. The summed E-state index contributed by atoms with van der Waals surface area (Å²) in [5.74, 6) is 0.724. The fraction of sp³-hybridized carbons (Fsp3) is 0.300. The number of nitrogens with one attached hydrogen (secondary N) is 1. The highest BCUT2D eigenvalue weighted by Gasteiger charge is 2.29. The number of amides is 1. The predicted molar refractivity (Wildman–Crippen MR) is 107 cm³/mol. The number of ether oxygens (including phenoxy) is 1. The topological polar surface area (TPSA) is 68.6 Å². The van der Waals surface area contributed by atoms with Gasteiger partial charge in [0.05, 0.1) is 29.6 Å². The van der Waals surface area contributed by atoms with Crippen molar-refractivity contribution in [1.29, 1.82) is 5.26 Å². The molecule has 1 N–H and O–H groups in total. The van der Waals surface area contributed by atoms with Crippen LogP contribution in [0, 0.1) is 11.3 Å². The van der Waals surface area contributed by atoms with Gasteiger partial charge in [-0.05, 0) is 29.8 Å². The Balaban J connectivity index is 0.00000210. The van der Waals surface area contributed by atoms with Crippen molar-refractivity contribution in [2.24, 2.45) is 0 Å². The van der Waals surface area contributed by atoms with E-state index >= 15 is 0 Å². The molecule has 6 nitrogen and oxygen atoms in total. The number of hydrogen-bond donors (Lipinski definition) is 1. The van der Waals surface area contributed by atoms with E-state index in [0.29, 0.717) is 12.1 Å². The van der Waals surface area contributed by atoms with Gasteiger partial charge in [-0.15, -0.1) is 12.4 Å². The first kappa shape index (κ1) is 19.0. The minimum Gasteiger partial charge on any atom is -0.479 e. The fourth-order valence-corrected chi connectivity index (χ4v) is 3.41. The standard InChI is InChI=1S/C20H20N4O2.ClH/c21-12-15-4-6-16(7-5-15)13-24-18-3-1-2-17(20(18)26-14-19(24)25)23-10-8-22-9-11-23;/h1-7,22H,8-11,13-14H2;1H. The third-order valence-corrected chi connectivity index (χ3v) is 4.79. The Morgan fingerprint density at radius 1 is 1.07 bits per heavy atom. The number of rotatable bonds is 3. The zero-order chi connectivity index (χ0) is 17.9. The van der Waals surface area contributed by atoms with Crippen molar-refractivity contribution in [2.75, 3.05) is 42.6 Å². The van der Waals surface area contributed by atoms with Crippen LogP contribution in [0.2, 0.25) is 0 Å². The molecule has 0 bridgehead atoms. The van der Waals surface area contributed by atoms with E-state index in [1.807, 2.05) is 24.3 Å². The summed E-state index contributed by atoms with van der Waals surface area (Å²) in [5.41, 5.74) is 3.45. The van der Waals surface area contributed by atoms with Crippen LogP contribution in [0.3, 0.4) is 0 Å². The summed E-state index contributed by atoms with van der Waals surface area (Å²) < 4.78 is 5.83. The highest BCUT2D eigenvalue weighted by molar-refractivity contribution is 5.99. The molecule has 2 heterocycles. The van der Waals surface area contributed by atoms with E-state index in [1.165, 1.54) is 0 Å². The lowest BCUT2D eigenvalue weighted by molar-refractivity contribution is -0.121. The number of fused-ring (bicyclic) bond motifs is 1. The highest BCUT2D eigenvalue weighted by Crippen LogP contribution is 2.41. The van der Waals surface area contributed by atoms with Gasteiger partial charge < -0.3 is 19.9 Å². The molecule has 2 aromatic rings. The Morgan fingerprint density at radius 2 is 1.78 bits per heavy atom. The molecule has 0 spiro atoms.